The highest BCUT2D eigenvalue weighted by Crippen LogP contribution is 2.33. The molecule has 2 rings (SSSR count). The van der Waals surface area contributed by atoms with Crippen LogP contribution < -0.4 is 0 Å². The summed E-state index contributed by atoms with van der Waals surface area (Å²) in [6.45, 7) is 5.33. The van der Waals surface area contributed by atoms with Crippen molar-refractivity contribution in [3.8, 4) is 11.1 Å². The van der Waals surface area contributed by atoms with Crippen LogP contribution in [0, 0.1) is 24.4 Å². The van der Waals surface area contributed by atoms with Gasteiger partial charge >= 0.3 is 0 Å². The minimum absolute atomic E-state index is 0.0416. The average Bonchev–Trinajstić information content (AvgIpc) is 2.31. The van der Waals surface area contributed by atoms with Crippen LogP contribution in [0.5, 0.6) is 0 Å². The lowest BCUT2D eigenvalue weighted by atomic mass is 9.93. The second kappa shape index (κ2) is 5.08. The van der Waals surface area contributed by atoms with E-state index in [2.05, 4.69) is 0 Å². The molecule has 19 heavy (non-hydrogen) atoms. The summed E-state index contributed by atoms with van der Waals surface area (Å²) in [6, 6.07) is 6.62. The van der Waals surface area contributed by atoms with E-state index in [4.69, 9.17) is 0 Å². The molecule has 0 aliphatic heterocycles. The second-order valence-electron chi connectivity index (χ2n) is 4.94. The fraction of sp³-hybridized carbons (Fsp3) is 0.250. The molecular weight excluding hydrogens is 249 g/mol. The van der Waals surface area contributed by atoms with Crippen molar-refractivity contribution in [2.24, 2.45) is 0 Å². The van der Waals surface area contributed by atoms with Crippen LogP contribution in [0.3, 0.4) is 0 Å². The molecule has 0 saturated carbocycles. The Balaban J connectivity index is 2.71. The molecule has 0 unspecified atom stereocenters. The van der Waals surface area contributed by atoms with E-state index in [0.717, 1.165) is 0 Å². The lowest BCUT2D eigenvalue weighted by molar-refractivity contribution is 0.570. The van der Waals surface area contributed by atoms with Crippen LogP contribution in [0.15, 0.2) is 30.3 Å². The summed E-state index contributed by atoms with van der Waals surface area (Å²) in [4.78, 5) is 0. The summed E-state index contributed by atoms with van der Waals surface area (Å²) in [5, 5.41) is 0. The van der Waals surface area contributed by atoms with Gasteiger partial charge in [-0.05, 0) is 47.7 Å². The van der Waals surface area contributed by atoms with E-state index in [1.165, 1.54) is 30.3 Å². The molecule has 0 fully saturated rings. The van der Waals surface area contributed by atoms with Gasteiger partial charge in [0.1, 0.15) is 17.5 Å². The fourth-order valence-electron chi connectivity index (χ4n) is 2.17. The molecule has 0 aromatic heterocycles. The summed E-state index contributed by atoms with van der Waals surface area (Å²) < 4.78 is 41.4. The van der Waals surface area contributed by atoms with E-state index in [1.807, 2.05) is 13.8 Å². The van der Waals surface area contributed by atoms with Gasteiger partial charge in [0.15, 0.2) is 0 Å². The number of halogens is 3. The molecule has 100 valence electrons. The number of hydrogen-bond acceptors (Lipinski definition) is 0. The first kappa shape index (κ1) is 13.7. The van der Waals surface area contributed by atoms with E-state index in [1.54, 1.807) is 6.92 Å². The third kappa shape index (κ3) is 2.50. The van der Waals surface area contributed by atoms with Gasteiger partial charge in [-0.3, -0.25) is 0 Å². The molecule has 0 heterocycles. The number of aryl methyl sites for hydroxylation is 1. The summed E-state index contributed by atoms with van der Waals surface area (Å²) in [5.41, 5.74) is 1.28. The van der Waals surface area contributed by atoms with Gasteiger partial charge in [-0.2, -0.15) is 0 Å². The first-order valence-electron chi connectivity index (χ1n) is 6.16. The Kier molecular flexibility index (Phi) is 3.65. The van der Waals surface area contributed by atoms with Crippen molar-refractivity contribution in [3.63, 3.8) is 0 Å². The number of hydrogen-bond donors (Lipinski definition) is 0. The average molecular weight is 264 g/mol. The van der Waals surface area contributed by atoms with Gasteiger partial charge in [-0.1, -0.05) is 26.0 Å². The van der Waals surface area contributed by atoms with Gasteiger partial charge in [0.2, 0.25) is 0 Å². The molecule has 0 nitrogen and oxygen atoms in total. The van der Waals surface area contributed by atoms with Crippen LogP contribution in [0.1, 0.15) is 30.9 Å². The molecule has 2 aromatic carbocycles. The smallest absolute Gasteiger partial charge is 0.137 e. The molecule has 0 aliphatic rings. The van der Waals surface area contributed by atoms with E-state index in [0.29, 0.717) is 16.7 Å². The number of rotatable bonds is 2. The van der Waals surface area contributed by atoms with Crippen molar-refractivity contribution >= 4 is 0 Å². The lowest BCUT2D eigenvalue weighted by Crippen LogP contribution is -2.00. The van der Waals surface area contributed by atoms with Crippen LogP contribution >= 0.6 is 0 Å². The molecule has 2 aromatic rings. The Labute approximate surface area is 110 Å². The van der Waals surface area contributed by atoms with Crippen molar-refractivity contribution in [2.75, 3.05) is 0 Å². The third-order valence-corrected chi connectivity index (χ3v) is 3.20. The molecule has 0 atom stereocenters. The molecule has 0 saturated heterocycles. The molecule has 0 aliphatic carbocycles. The van der Waals surface area contributed by atoms with Crippen molar-refractivity contribution in [1.82, 2.24) is 0 Å². The normalized spacial score (nSPS) is 11.1. The summed E-state index contributed by atoms with van der Waals surface area (Å²) >= 11 is 0. The predicted octanol–water partition coefficient (Wildman–Crippen LogP) is 5.20. The van der Waals surface area contributed by atoms with Crippen molar-refractivity contribution in [3.05, 3.63) is 58.9 Å². The zero-order valence-electron chi connectivity index (χ0n) is 11.1. The van der Waals surface area contributed by atoms with E-state index >= 15 is 0 Å². The van der Waals surface area contributed by atoms with Crippen LogP contribution in [0.2, 0.25) is 0 Å². The SMILES string of the molecule is Cc1cc(F)ccc1-c1c(F)ccc(C(C)C)c1F. The zero-order valence-corrected chi connectivity index (χ0v) is 11.1. The molecule has 0 N–H and O–H groups in total. The summed E-state index contributed by atoms with van der Waals surface area (Å²) in [5.74, 6) is -1.65. The standard InChI is InChI=1S/C16H15F3/c1-9(2)12-6-7-14(18)15(16(12)19)13-5-4-11(17)8-10(13)3/h4-9H,1-3H3. The Morgan fingerprint density at radius 2 is 1.63 bits per heavy atom. The van der Waals surface area contributed by atoms with Gasteiger partial charge in [-0.15, -0.1) is 0 Å². The van der Waals surface area contributed by atoms with Gasteiger partial charge < -0.3 is 0 Å². The van der Waals surface area contributed by atoms with Gasteiger partial charge in [-0.25, -0.2) is 13.2 Å². The second-order valence-corrected chi connectivity index (χ2v) is 4.94. The third-order valence-electron chi connectivity index (χ3n) is 3.20. The zero-order chi connectivity index (χ0) is 14.2. The van der Waals surface area contributed by atoms with Crippen molar-refractivity contribution < 1.29 is 13.2 Å². The number of benzene rings is 2. The van der Waals surface area contributed by atoms with Crippen LogP contribution in [0.4, 0.5) is 13.2 Å². The Morgan fingerprint density at radius 1 is 0.947 bits per heavy atom. The topological polar surface area (TPSA) is 0 Å². The fourth-order valence-corrected chi connectivity index (χ4v) is 2.17. The maximum absolute atomic E-state index is 14.4. The lowest BCUT2D eigenvalue weighted by Gasteiger charge is -2.14. The van der Waals surface area contributed by atoms with E-state index < -0.39 is 17.5 Å². The predicted molar refractivity (Wildman–Crippen MR) is 70.6 cm³/mol. The highest BCUT2D eigenvalue weighted by molar-refractivity contribution is 5.69. The highest BCUT2D eigenvalue weighted by Gasteiger charge is 2.18. The maximum Gasteiger partial charge on any atom is 0.137 e. The molecule has 0 radical (unpaired) electrons. The van der Waals surface area contributed by atoms with Gasteiger partial charge in [0.25, 0.3) is 0 Å². The van der Waals surface area contributed by atoms with E-state index in [-0.39, 0.29) is 11.5 Å². The first-order valence-corrected chi connectivity index (χ1v) is 6.16. The van der Waals surface area contributed by atoms with Crippen LogP contribution in [0.25, 0.3) is 11.1 Å². The monoisotopic (exact) mass is 264 g/mol. The quantitative estimate of drug-likeness (QED) is 0.699. The summed E-state index contributed by atoms with van der Waals surface area (Å²) in [7, 11) is 0. The molecule has 0 bridgehead atoms. The molecule has 0 spiro atoms. The largest absolute Gasteiger partial charge is 0.207 e. The Hall–Kier alpha value is -1.77. The Morgan fingerprint density at radius 3 is 2.21 bits per heavy atom. The highest BCUT2D eigenvalue weighted by atomic mass is 19.1. The molecular formula is C16H15F3. The maximum atomic E-state index is 14.4. The van der Waals surface area contributed by atoms with Crippen LogP contribution in [-0.4, -0.2) is 0 Å². The molecule has 3 heteroatoms. The van der Waals surface area contributed by atoms with Crippen molar-refractivity contribution in [2.45, 2.75) is 26.7 Å². The minimum Gasteiger partial charge on any atom is -0.207 e. The molecule has 0 amide bonds. The Bertz CT molecular complexity index is 616. The first-order chi connectivity index (χ1) is 8.91. The van der Waals surface area contributed by atoms with Gasteiger partial charge in [0.05, 0.1) is 5.56 Å². The summed E-state index contributed by atoms with van der Waals surface area (Å²) in [6.07, 6.45) is 0. The van der Waals surface area contributed by atoms with Crippen LogP contribution in [-0.2, 0) is 0 Å². The minimum atomic E-state index is -0.628. The van der Waals surface area contributed by atoms with E-state index in [9.17, 15) is 13.2 Å². The van der Waals surface area contributed by atoms with Crippen molar-refractivity contribution in [1.29, 1.82) is 0 Å². The van der Waals surface area contributed by atoms with Gasteiger partial charge in [0, 0.05) is 0 Å².